The van der Waals surface area contributed by atoms with Gasteiger partial charge in [0.15, 0.2) is 0 Å². The summed E-state index contributed by atoms with van der Waals surface area (Å²) in [5, 5.41) is 8.88. The zero-order valence-corrected chi connectivity index (χ0v) is 10.2. The van der Waals surface area contributed by atoms with Gasteiger partial charge >= 0.3 is 0 Å². The summed E-state index contributed by atoms with van der Waals surface area (Å²) in [7, 11) is 2.09. The fourth-order valence-corrected chi connectivity index (χ4v) is 1.69. The molecule has 2 nitrogen and oxygen atoms in total. The summed E-state index contributed by atoms with van der Waals surface area (Å²) < 4.78 is 0. The SMILES string of the molecule is CCC(C#N)CN(C)CCc1ccccc1. The fraction of sp³-hybridized carbons (Fsp3) is 0.500. The summed E-state index contributed by atoms with van der Waals surface area (Å²) in [6.07, 6.45) is 1.99. The second-order valence-electron chi connectivity index (χ2n) is 4.23. The van der Waals surface area contributed by atoms with Gasteiger partial charge in [0, 0.05) is 13.1 Å². The number of hydrogen-bond acceptors (Lipinski definition) is 2. The van der Waals surface area contributed by atoms with Crippen molar-refractivity contribution >= 4 is 0 Å². The van der Waals surface area contributed by atoms with E-state index >= 15 is 0 Å². The minimum Gasteiger partial charge on any atom is -0.305 e. The molecule has 1 aromatic rings. The monoisotopic (exact) mass is 216 g/mol. The van der Waals surface area contributed by atoms with Crippen LogP contribution in [0.1, 0.15) is 18.9 Å². The first-order chi connectivity index (χ1) is 7.76. The Morgan fingerprint density at radius 1 is 1.31 bits per heavy atom. The van der Waals surface area contributed by atoms with Crippen molar-refractivity contribution in [2.24, 2.45) is 5.92 Å². The average Bonchev–Trinajstić information content (AvgIpc) is 2.34. The quantitative estimate of drug-likeness (QED) is 0.731. The number of hydrogen-bond donors (Lipinski definition) is 0. The first kappa shape index (κ1) is 12.7. The van der Waals surface area contributed by atoms with Crippen LogP contribution in [-0.2, 0) is 6.42 Å². The molecule has 0 aliphatic heterocycles. The van der Waals surface area contributed by atoms with Gasteiger partial charge in [-0.2, -0.15) is 5.26 Å². The Kier molecular flexibility index (Phi) is 5.60. The van der Waals surface area contributed by atoms with E-state index < -0.39 is 0 Å². The molecule has 1 unspecified atom stereocenters. The lowest BCUT2D eigenvalue weighted by atomic mass is 10.1. The van der Waals surface area contributed by atoms with Gasteiger partial charge in [-0.1, -0.05) is 37.3 Å². The molecule has 0 aromatic heterocycles. The molecule has 0 heterocycles. The lowest BCUT2D eigenvalue weighted by Crippen LogP contribution is -2.27. The number of likely N-dealkylation sites (N-methyl/N-ethyl adjacent to an activating group) is 1. The molecule has 0 fully saturated rings. The van der Waals surface area contributed by atoms with Crippen molar-refractivity contribution in [2.45, 2.75) is 19.8 Å². The molecular formula is C14H20N2. The maximum atomic E-state index is 8.88. The molecule has 0 radical (unpaired) electrons. The van der Waals surface area contributed by atoms with E-state index in [-0.39, 0.29) is 5.92 Å². The van der Waals surface area contributed by atoms with Gasteiger partial charge < -0.3 is 4.90 Å². The highest BCUT2D eigenvalue weighted by Crippen LogP contribution is 2.05. The predicted octanol–water partition coefficient (Wildman–Crippen LogP) is 2.71. The molecule has 0 N–H and O–H groups in total. The summed E-state index contributed by atoms with van der Waals surface area (Å²) in [6.45, 7) is 3.96. The van der Waals surface area contributed by atoms with E-state index in [1.807, 2.05) is 6.07 Å². The molecule has 0 saturated carbocycles. The standard InChI is InChI=1S/C14H20N2/c1-3-13(11-15)12-16(2)10-9-14-7-5-4-6-8-14/h4-8,13H,3,9-10,12H2,1-2H3. The lowest BCUT2D eigenvalue weighted by molar-refractivity contribution is 0.303. The highest BCUT2D eigenvalue weighted by Gasteiger charge is 2.07. The molecule has 0 spiro atoms. The second-order valence-corrected chi connectivity index (χ2v) is 4.23. The van der Waals surface area contributed by atoms with Gasteiger partial charge in [0.1, 0.15) is 0 Å². The molecule has 0 aliphatic rings. The Morgan fingerprint density at radius 2 is 2.00 bits per heavy atom. The smallest absolute Gasteiger partial charge is 0.0669 e. The van der Waals surface area contributed by atoms with E-state index in [2.05, 4.69) is 49.2 Å². The van der Waals surface area contributed by atoms with Gasteiger partial charge in [0.25, 0.3) is 0 Å². The third-order valence-electron chi connectivity index (χ3n) is 2.83. The van der Waals surface area contributed by atoms with E-state index in [1.165, 1.54) is 5.56 Å². The molecule has 2 heteroatoms. The number of nitriles is 1. The Balaban J connectivity index is 2.30. The molecule has 0 amide bonds. The van der Waals surface area contributed by atoms with E-state index in [4.69, 9.17) is 5.26 Å². The average molecular weight is 216 g/mol. The zero-order chi connectivity index (χ0) is 11.8. The minimum atomic E-state index is 0.167. The normalized spacial score (nSPS) is 12.4. The van der Waals surface area contributed by atoms with Gasteiger partial charge in [-0.3, -0.25) is 0 Å². The van der Waals surface area contributed by atoms with Crippen LogP contribution < -0.4 is 0 Å². The van der Waals surface area contributed by atoms with E-state index in [0.717, 1.165) is 25.9 Å². The molecule has 0 aliphatic carbocycles. The Labute approximate surface area is 98.5 Å². The van der Waals surface area contributed by atoms with Crippen molar-refractivity contribution in [3.05, 3.63) is 35.9 Å². The van der Waals surface area contributed by atoms with Crippen LogP contribution in [0.4, 0.5) is 0 Å². The first-order valence-corrected chi connectivity index (χ1v) is 5.88. The van der Waals surface area contributed by atoms with E-state index in [9.17, 15) is 0 Å². The molecule has 1 atom stereocenters. The van der Waals surface area contributed by atoms with Gasteiger partial charge in [-0.25, -0.2) is 0 Å². The third-order valence-corrected chi connectivity index (χ3v) is 2.83. The Hall–Kier alpha value is -1.33. The Bertz CT molecular complexity index is 326. The van der Waals surface area contributed by atoms with Crippen molar-refractivity contribution in [1.82, 2.24) is 4.90 Å². The van der Waals surface area contributed by atoms with Crippen LogP contribution in [0, 0.1) is 17.2 Å². The van der Waals surface area contributed by atoms with Crippen molar-refractivity contribution < 1.29 is 0 Å². The van der Waals surface area contributed by atoms with Crippen molar-refractivity contribution in [1.29, 1.82) is 5.26 Å². The molecule has 86 valence electrons. The fourth-order valence-electron chi connectivity index (χ4n) is 1.69. The van der Waals surface area contributed by atoms with Gasteiger partial charge in [0.05, 0.1) is 12.0 Å². The number of rotatable bonds is 6. The van der Waals surface area contributed by atoms with Crippen molar-refractivity contribution in [3.63, 3.8) is 0 Å². The first-order valence-electron chi connectivity index (χ1n) is 5.88. The summed E-state index contributed by atoms with van der Waals surface area (Å²) in [4.78, 5) is 2.24. The predicted molar refractivity (Wildman–Crippen MR) is 67.0 cm³/mol. The summed E-state index contributed by atoms with van der Waals surface area (Å²) in [6, 6.07) is 12.8. The Morgan fingerprint density at radius 3 is 2.56 bits per heavy atom. The van der Waals surface area contributed by atoms with Crippen molar-refractivity contribution in [3.8, 4) is 6.07 Å². The number of benzene rings is 1. The van der Waals surface area contributed by atoms with Crippen LogP contribution >= 0.6 is 0 Å². The molecule has 1 aromatic carbocycles. The summed E-state index contributed by atoms with van der Waals surface area (Å²) in [5.41, 5.74) is 1.36. The highest BCUT2D eigenvalue weighted by atomic mass is 15.1. The van der Waals surface area contributed by atoms with E-state index in [0.29, 0.717) is 0 Å². The van der Waals surface area contributed by atoms with Gasteiger partial charge in [-0.15, -0.1) is 0 Å². The number of nitrogens with zero attached hydrogens (tertiary/aromatic N) is 2. The van der Waals surface area contributed by atoms with Crippen LogP contribution in [0.25, 0.3) is 0 Å². The van der Waals surface area contributed by atoms with Crippen molar-refractivity contribution in [2.75, 3.05) is 20.1 Å². The molecule has 1 rings (SSSR count). The van der Waals surface area contributed by atoms with Crippen LogP contribution in [0.2, 0.25) is 0 Å². The molecule has 0 saturated heterocycles. The molecule has 16 heavy (non-hydrogen) atoms. The maximum absolute atomic E-state index is 8.88. The summed E-state index contributed by atoms with van der Waals surface area (Å²) >= 11 is 0. The summed E-state index contributed by atoms with van der Waals surface area (Å²) in [5.74, 6) is 0.167. The van der Waals surface area contributed by atoms with E-state index in [1.54, 1.807) is 0 Å². The topological polar surface area (TPSA) is 27.0 Å². The largest absolute Gasteiger partial charge is 0.305 e. The van der Waals surface area contributed by atoms with Gasteiger partial charge in [0.2, 0.25) is 0 Å². The maximum Gasteiger partial charge on any atom is 0.0669 e. The highest BCUT2D eigenvalue weighted by molar-refractivity contribution is 5.14. The lowest BCUT2D eigenvalue weighted by Gasteiger charge is -2.18. The van der Waals surface area contributed by atoms with Crippen LogP contribution in [0.15, 0.2) is 30.3 Å². The second kappa shape index (κ2) is 7.03. The minimum absolute atomic E-state index is 0.167. The molecule has 0 bridgehead atoms. The van der Waals surface area contributed by atoms with Gasteiger partial charge in [-0.05, 0) is 25.5 Å². The van der Waals surface area contributed by atoms with Crippen LogP contribution in [-0.4, -0.2) is 25.0 Å². The zero-order valence-electron chi connectivity index (χ0n) is 10.2. The molecular weight excluding hydrogens is 196 g/mol. The third kappa shape index (κ3) is 4.46. The van der Waals surface area contributed by atoms with Crippen LogP contribution in [0.3, 0.4) is 0 Å². The van der Waals surface area contributed by atoms with Crippen LogP contribution in [0.5, 0.6) is 0 Å².